The Morgan fingerprint density at radius 3 is 2.04 bits per heavy atom. The summed E-state index contributed by atoms with van der Waals surface area (Å²) in [5.41, 5.74) is 0.851. The largest absolute Gasteiger partial charge is 0.447 e. The number of carbonyl (C=O) groups excluding carboxylic acids is 5. The van der Waals surface area contributed by atoms with Gasteiger partial charge in [-0.05, 0) is 77.3 Å². The van der Waals surface area contributed by atoms with Gasteiger partial charge in [0.15, 0.2) is 22.4 Å². The topological polar surface area (TPSA) is 168 Å². The molecule has 0 radical (unpaired) electrons. The molecule has 1 aliphatic heterocycles. The predicted molar refractivity (Wildman–Crippen MR) is 219 cm³/mol. The van der Waals surface area contributed by atoms with Crippen LogP contribution in [-0.2, 0) is 39.5 Å². The number of nitrogens with one attached hydrogen (secondary N) is 3. The molecule has 13 heteroatoms. The number of carbonyl (C=O) groups is 5. The molecule has 3 rings (SSSR count). The van der Waals surface area contributed by atoms with Crippen LogP contribution in [0.25, 0.3) is 0 Å². The molecular weight excluding hydrogens is 709 g/mol. The van der Waals surface area contributed by atoms with Crippen LogP contribution in [0.5, 0.6) is 0 Å². The Kier molecular flexibility index (Phi) is 31.9. The number of aldehydes is 2. The van der Waals surface area contributed by atoms with Gasteiger partial charge in [-0.15, -0.1) is 6.58 Å². The highest BCUT2D eigenvalue weighted by Gasteiger charge is 2.41. The Hall–Kier alpha value is -3.58. The second kappa shape index (κ2) is 32.8. The van der Waals surface area contributed by atoms with Crippen molar-refractivity contribution in [2.45, 2.75) is 149 Å². The van der Waals surface area contributed by atoms with E-state index in [1.165, 1.54) is 0 Å². The molecule has 1 heterocycles. The van der Waals surface area contributed by atoms with E-state index in [9.17, 15) is 22.8 Å². The lowest BCUT2D eigenvalue weighted by atomic mass is 9.90. The third-order valence-electron chi connectivity index (χ3n) is 8.77. The van der Waals surface area contributed by atoms with Gasteiger partial charge in [0, 0.05) is 19.1 Å². The summed E-state index contributed by atoms with van der Waals surface area (Å²) in [6.45, 7) is 18.6. The van der Waals surface area contributed by atoms with E-state index in [1.54, 1.807) is 11.9 Å². The fourth-order valence-corrected chi connectivity index (χ4v) is 7.23. The number of likely N-dealkylation sites (tertiary alicyclic amines) is 1. The molecule has 54 heavy (non-hydrogen) atoms. The van der Waals surface area contributed by atoms with Gasteiger partial charge in [0.05, 0.1) is 11.5 Å². The van der Waals surface area contributed by atoms with Gasteiger partial charge in [-0.2, -0.15) is 0 Å². The minimum atomic E-state index is -2.96. The van der Waals surface area contributed by atoms with Gasteiger partial charge < -0.3 is 25.6 Å². The lowest BCUT2D eigenvalue weighted by molar-refractivity contribution is -0.141. The van der Waals surface area contributed by atoms with E-state index in [4.69, 9.17) is 14.3 Å². The van der Waals surface area contributed by atoms with Gasteiger partial charge in [-0.1, -0.05) is 96.7 Å². The highest BCUT2D eigenvalue weighted by atomic mass is 32.2. The average Bonchev–Trinajstić information content (AvgIpc) is 3.53. The fourth-order valence-electron chi connectivity index (χ4n) is 5.87. The van der Waals surface area contributed by atoms with E-state index >= 15 is 0 Å². The summed E-state index contributed by atoms with van der Waals surface area (Å²) in [6, 6.07) is 8.15. The van der Waals surface area contributed by atoms with Gasteiger partial charge >= 0.3 is 6.09 Å². The van der Waals surface area contributed by atoms with Crippen LogP contribution in [0.1, 0.15) is 125 Å². The predicted octanol–water partition coefficient (Wildman–Crippen LogP) is 6.57. The molecule has 310 valence electrons. The van der Waals surface area contributed by atoms with Gasteiger partial charge in [0.1, 0.15) is 18.2 Å². The van der Waals surface area contributed by atoms with Crippen molar-refractivity contribution in [2.75, 3.05) is 25.9 Å². The Labute approximate surface area is 326 Å². The Morgan fingerprint density at radius 1 is 0.926 bits per heavy atom. The normalized spacial score (nSPS) is 16.8. The zero-order chi connectivity index (χ0) is 41.4. The number of nitrogens with zero attached hydrogens (tertiary/aromatic N) is 1. The minimum absolute atomic E-state index is 0.0272. The molecule has 3 N–H and O–H groups in total. The molecule has 4 atom stereocenters. The molecule has 1 aromatic carbocycles. The zero-order valence-electron chi connectivity index (χ0n) is 34.4. The molecule has 0 spiro atoms. The number of ether oxygens (including phenoxy) is 1. The van der Waals surface area contributed by atoms with E-state index in [-0.39, 0.29) is 54.0 Å². The first-order valence-corrected chi connectivity index (χ1v) is 21.7. The standard InChI is InChI=1S/C25H43N3O4.C10H15NO2S.C2H2O2.2C2H6/c1-5-7-13-18(3)26-23(29)21-16-12-17-28(21)24(30)22(20-14-10-8-9-11-15-20)27-25(31)32-19(4)6-2;1-11-7-8-14(12,13)9-10-5-3-2-4-6-10;3-1-2-4;2*1-2/h5,18-22H,1,6-17H2,2-4H3,(H,26,29)(H,27,31);2-6,11H,7-9H2,1H3;1-2H;2*1-2H3. The van der Waals surface area contributed by atoms with Crippen LogP contribution in [0.3, 0.4) is 0 Å². The molecule has 4 unspecified atom stereocenters. The molecule has 12 nitrogen and oxygen atoms in total. The van der Waals surface area contributed by atoms with Crippen LogP contribution >= 0.6 is 0 Å². The molecule has 2 fully saturated rings. The van der Waals surface area contributed by atoms with Crippen molar-refractivity contribution >= 4 is 40.3 Å². The van der Waals surface area contributed by atoms with E-state index in [0.717, 1.165) is 63.4 Å². The second-order valence-electron chi connectivity index (χ2n) is 12.9. The van der Waals surface area contributed by atoms with Crippen LogP contribution in [-0.4, -0.2) is 93.9 Å². The number of benzene rings is 1. The second-order valence-corrected chi connectivity index (χ2v) is 15.1. The molecule has 1 saturated heterocycles. The first-order valence-electron chi connectivity index (χ1n) is 19.9. The van der Waals surface area contributed by atoms with Crippen LogP contribution in [0, 0.1) is 5.92 Å². The molecule has 3 amide bonds. The van der Waals surface area contributed by atoms with Crippen LogP contribution in [0.4, 0.5) is 4.79 Å². The van der Waals surface area contributed by atoms with E-state index in [0.29, 0.717) is 25.9 Å². The summed E-state index contributed by atoms with van der Waals surface area (Å²) in [5, 5.41) is 8.77. The van der Waals surface area contributed by atoms with Crippen LogP contribution in [0.15, 0.2) is 43.0 Å². The summed E-state index contributed by atoms with van der Waals surface area (Å²) < 4.78 is 28.5. The monoisotopic (exact) mass is 781 g/mol. The maximum absolute atomic E-state index is 13.7. The minimum Gasteiger partial charge on any atom is -0.447 e. The smallest absolute Gasteiger partial charge is 0.408 e. The van der Waals surface area contributed by atoms with Crippen molar-refractivity contribution in [3.05, 3.63) is 48.6 Å². The number of amides is 3. The molecule has 0 bridgehead atoms. The maximum Gasteiger partial charge on any atom is 0.408 e. The molecule has 1 aliphatic carbocycles. The Balaban J connectivity index is 0. The van der Waals surface area contributed by atoms with Gasteiger partial charge in [-0.3, -0.25) is 19.2 Å². The lowest BCUT2D eigenvalue weighted by Gasteiger charge is -2.33. The third kappa shape index (κ3) is 23.3. The first kappa shape index (κ1) is 52.5. The van der Waals surface area contributed by atoms with E-state index in [1.807, 2.05) is 84.9 Å². The van der Waals surface area contributed by atoms with Crippen LogP contribution in [0.2, 0.25) is 0 Å². The lowest BCUT2D eigenvalue weighted by Crippen LogP contribution is -2.56. The van der Waals surface area contributed by atoms with Crippen molar-refractivity contribution < 1.29 is 37.1 Å². The van der Waals surface area contributed by atoms with Crippen molar-refractivity contribution in [2.24, 2.45) is 5.92 Å². The summed E-state index contributed by atoms with van der Waals surface area (Å²) in [6.07, 6.45) is 11.5. The number of allylic oxidation sites excluding steroid dienone is 1. The Morgan fingerprint density at radius 2 is 1.52 bits per heavy atom. The summed E-state index contributed by atoms with van der Waals surface area (Å²) in [4.78, 5) is 58.5. The van der Waals surface area contributed by atoms with Crippen molar-refractivity contribution in [3.8, 4) is 0 Å². The highest BCUT2D eigenvalue weighted by molar-refractivity contribution is 7.90. The van der Waals surface area contributed by atoms with Gasteiger partial charge in [0.2, 0.25) is 11.8 Å². The third-order valence-corrected chi connectivity index (χ3v) is 10.4. The number of hydrogen-bond donors (Lipinski definition) is 3. The average molecular weight is 781 g/mol. The highest BCUT2D eigenvalue weighted by Crippen LogP contribution is 2.29. The molecular formula is C41H72N4O8S. The SMILES string of the molecule is C=CCCC(C)NC(=O)C1CCCN1C(=O)C(NC(=O)OC(C)CC)C1CCCCCC1.CC.CC.CNCCS(=O)(=O)Cc1ccccc1.O=CC=O. The summed E-state index contributed by atoms with van der Waals surface area (Å²) in [5.74, 6) is 0.155. The number of sulfone groups is 1. The molecule has 1 aromatic rings. The van der Waals surface area contributed by atoms with Crippen LogP contribution < -0.4 is 16.0 Å². The van der Waals surface area contributed by atoms with E-state index < -0.39 is 28.0 Å². The molecule has 0 aromatic heterocycles. The van der Waals surface area contributed by atoms with Crippen molar-refractivity contribution in [1.82, 2.24) is 20.9 Å². The van der Waals surface area contributed by atoms with Gasteiger partial charge in [0.25, 0.3) is 0 Å². The Bertz CT molecular complexity index is 1260. The summed E-state index contributed by atoms with van der Waals surface area (Å²) >= 11 is 0. The fraction of sp³-hybridized carbons (Fsp3) is 0.683. The van der Waals surface area contributed by atoms with Crippen molar-refractivity contribution in [1.29, 1.82) is 0 Å². The van der Waals surface area contributed by atoms with E-state index in [2.05, 4.69) is 22.5 Å². The van der Waals surface area contributed by atoms with Crippen molar-refractivity contribution in [3.63, 3.8) is 0 Å². The first-order chi connectivity index (χ1) is 25.9. The summed E-state index contributed by atoms with van der Waals surface area (Å²) in [7, 11) is -1.21. The number of rotatable bonds is 16. The quantitative estimate of drug-likeness (QED) is 0.0728. The molecule has 1 saturated carbocycles. The maximum atomic E-state index is 13.7. The molecule has 2 aliphatic rings. The number of alkyl carbamates (subject to hydrolysis) is 1. The number of hydrogen-bond acceptors (Lipinski definition) is 9. The zero-order valence-corrected chi connectivity index (χ0v) is 35.3. The van der Waals surface area contributed by atoms with Gasteiger partial charge in [-0.25, -0.2) is 13.2 Å².